The van der Waals surface area contributed by atoms with Gasteiger partial charge in [-0.1, -0.05) is 6.42 Å². The minimum Gasteiger partial charge on any atom is -0.330 e. The predicted molar refractivity (Wildman–Crippen MR) is 52.2 cm³/mol. The highest BCUT2D eigenvalue weighted by Crippen LogP contribution is 1.98. The van der Waals surface area contributed by atoms with Crippen molar-refractivity contribution in [3.05, 3.63) is 0 Å². The van der Waals surface area contributed by atoms with Gasteiger partial charge >= 0.3 is 0 Å². The van der Waals surface area contributed by atoms with E-state index in [9.17, 15) is 0 Å². The third-order valence-corrected chi connectivity index (χ3v) is 2.39. The van der Waals surface area contributed by atoms with Crippen LogP contribution in [0.1, 0.15) is 19.3 Å². The van der Waals surface area contributed by atoms with Crippen LogP contribution in [-0.4, -0.2) is 44.2 Å². The number of hydrogen-bond donors (Lipinski definition) is 2. The Balaban J connectivity index is 1.91. The van der Waals surface area contributed by atoms with Crippen LogP contribution in [-0.2, 0) is 0 Å². The highest BCUT2D eigenvalue weighted by molar-refractivity contribution is 4.66. The lowest BCUT2D eigenvalue weighted by Gasteiger charge is -2.26. The number of nitrogens with one attached hydrogen (secondary N) is 1. The van der Waals surface area contributed by atoms with Gasteiger partial charge in [0.25, 0.3) is 0 Å². The van der Waals surface area contributed by atoms with Crippen LogP contribution < -0.4 is 11.1 Å². The summed E-state index contributed by atoms with van der Waals surface area (Å²) in [7, 11) is 0. The Bertz CT molecular complexity index is 99.9. The maximum atomic E-state index is 5.42. The fraction of sp³-hybridized carbons (Fsp3) is 1.00. The van der Waals surface area contributed by atoms with Gasteiger partial charge in [0.05, 0.1) is 0 Å². The largest absolute Gasteiger partial charge is 0.330 e. The molecule has 0 aromatic carbocycles. The normalized spacial score (nSPS) is 19.8. The molecular formula is C9H21N3. The van der Waals surface area contributed by atoms with E-state index in [1.165, 1.54) is 38.9 Å². The molecule has 3 nitrogen and oxygen atoms in total. The zero-order valence-electron chi connectivity index (χ0n) is 7.89. The summed E-state index contributed by atoms with van der Waals surface area (Å²) < 4.78 is 0. The molecule has 1 aliphatic heterocycles. The summed E-state index contributed by atoms with van der Waals surface area (Å²) in [5.41, 5.74) is 5.42. The second-order valence-corrected chi connectivity index (χ2v) is 3.44. The number of piperazine rings is 1. The zero-order chi connectivity index (χ0) is 8.65. The van der Waals surface area contributed by atoms with Crippen LogP contribution in [0.15, 0.2) is 0 Å². The van der Waals surface area contributed by atoms with Crippen molar-refractivity contribution in [2.45, 2.75) is 19.3 Å². The SMILES string of the molecule is NCCCCCN1CCNCC1. The number of nitrogens with two attached hydrogens (primary N) is 1. The number of hydrogen-bond acceptors (Lipinski definition) is 3. The Morgan fingerprint density at radius 1 is 1.08 bits per heavy atom. The maximum absolute atomic E-state index is 5.42. The van der Waals surface area contributed by atoms with E-state index in [4.69, 9.17) is 5.73 Å². The van der Waals surface area contributed by atoms with E-state index in [1.54, 1.807) is 0 Å². The molecule has 1 heterocycles. The fourth-order valence-electron chi connectivity index (χ4n) is 1.59. The van der Waals surface area contributed by atoms with Gasteiger partial charge in [-0.05, 0) is 25.9 Å². The Kier molecular flexibility index (Phi) is 5.32. The summed E-state index contributed by atoms with van der Waals surface area (Å²) >= 11 is 0. The van der Waals surface area contributed by atoms with Crippen molar-refractivity contribution >= 4 is 0 Å². The Hall–Kier alpha value is -0.120. The molecular weight excluding hydrogens is 150 g/mol. The van der Waals surface area contributed by atoms with Crippen LogP contribution in [0.25, 0.3) is 0 Å². The van der Waals surface area contributed by atoms with Gasteiger partial charge in [-0.3, -0.25) is 0 Å². The van der Waals surface area contributed by atoms with Crippen molar-refractivity contribution in [2.24, 2.45) is 5.73 Å². The van der Waals surface area contributed by atoms with Crippen LogP contribution in [0, 0.1) is 0 Å². The zero-order valence-corrected chi connectivity index (χ0v) is 7.89. The van der Waals surface area contributed by atoms with Gasteiger partial charge in [0.15, 0.2) is 0 Å². The summed E-state index contributed by atoms with van der Waals surface area (Å²) in [6.07, 6.45) is 3.80. The van der Waals surface area contributed by atoms with E-state index in [1.807, 2.05) is 0 Å². The molecule has 3 N–H and O–H groups in total. The van der Waals surface area contributed by atoms with Crippen LogP contribution >= 0.6 is 0 Å². The van der Waals surface area contributed by atoms with Crippen LogP contribution in [0.5, 0.6) is 0 Å². The molecule has 1 saturated heterocycles. The first-order valence-corrected chi connectivity index (χ1v) is 5.06. The van der Waals surface area contributed by atoms with Gasteiger partial charge in [0.1, 0.15) is 0 Å². The van der Waals surface area contributed by atoms with E-state index in [2.05, 4.69) is 10.2 Å². The highest BCUT2D eigenvalue weighted by atomic mass is 15.2. The average molecular weight is 171 g/mol. The monoisotopic (exact) mass is 171 g/mol. The minimum absolute atomic E-state index is 0.849. The summed E-state index contributed by atoms with van der Waals surface area (Å²) in [4.78, 5) is 2.53. The topological polar surface area (TPSA) is 41.3 Å². The van der Waals surface area contributed by atoms with Crippen LogP contribution in [0.2, 0.25) is 0 Å². The highest BCUT2D eigenvalue weighted by Gasteiger charge is 2.07. The lowest BCUT2D eigenvalue weighted by atomic mass is 10.2. The molecule has 3 heteroatoms. The quantitative estimate of drug-likeness (QED) is 0.573. The minimum atomic E-state index is 0.849. The first-order valence-electron chi connectivity index (χ1n) is 5.06. The Morgan fingerprint density at radius 2 is 1.83 bits per heavy atom. The molecule has 0 saturated carbocycles. The van der Waals surface area contributed by atoms with E-state index in [-0.39, 0.29) is 0 Å². The summed E-state index contributed by atoms with van der Waals surface area (Å²) in [5, 5.41) is 3.35. The molecule has 1 aliphatic rings. The second kappa shape index (κ2) is 6.40. The van der Waals surface area contributed by atoms with Gasteiger partial charge in [-0.15, -0.1) is 0 Å². The second-order valence-electron chi connectivity index (χ2n) is 3.44. The standard InChI is InChI=1S/C9H21N3/c10-4-2-1-3-7-12-8-5-11-6-9-12/h11H,1-10H2. The van der Waals surface area contributed by atoms with E-state index in [0.29, 0.717) is 0 Å². The van der Waals surface area contributed by atoms with Crippen molar-refractivity contribution < 1.29 is 0 Å². The third kappa shape index (κ3) is 4.04. The first kappa shape index (κ1) is 9.96. The molecule has 0 aromatic heterocycles. The molecule has 0 amide bonds. The fourth-order valence-corrected chi connectivity index (χ4v) is 1.59. The van der Waals surface area contributed by atoms with Gasteiger partial charge in [-0.2, -0.15) is 0 Å². The lowest BCUT2D eigenvalue weighted by Crippen LogP contribution is -2.43. The molecule has 12 heavy (non-hydrogen) atoms. The van der Waals surface area contributed by atoms with E-state index < -0.39 is 0 Å². The van der Waals surface area contributed by atoms with Crippen molar-refractivity contribution in [3.8, 4) is 0 Å². The van der Waals surface area contributed by atoms with Crippen molar-refractivity contribution in [1.82, 2.24) is 10.2 Å². The Labute approximate surface area is 75.3 Å². The Morgan fingerprint density at radius 3 is 2.50 bits per heavy atom. The first-order chi connectivity index (χ1) is 5.93. The predicted octanol–water partition coefficient (Wildman–Crippen LogP) is 0.0206. The lowest BCUT2D eigenvalue weighted by molar-refractivity contribution is 0.236. The van der Waals surface area contributed by atoms with Crippen molar-refractivity contribution in [1.29, 1.82) is 0 Å². The molecule has 72 valence electrons. The van der Waals surface area contributed by atoms with Crippen molar-refractivity contribution in [2.75, 3.05) is 39.3 Å². The van der Waals surface area contributed by atoms with Crippen LogP contribution in [0.4, 0.5) is 0 Å². The smallest absolute Gasteiger partial charge is 0.0107 e. The number of unbranched alkanes of at least 4 members (excludes halogenated alkanes) is 2. The van der Waals surface area contributed by atoms with Gasteiger partial charge in [0.2, 0.25) is 0 Å². The summed E-state index contributed by atoms with van der Waals surface area (Å²) in [6, 6.07) is 0. The molecule has 1 rings (SSSR count). The third-order valence-electron chi connectivity index (χ3n) is 2.39. The van der Waals surface area contributed by atoms with Gasteiger partial charge in [-0.25, -0.2) is 0 Å². The molecule has 0 atom stereocenters. The molecule has 0 unspecified atom stereocenters. The molecule has 0 bridgehead atoms. The molecule has 0 radical (unpaired) electrons. The van der Waals surface area contributed by atoms with Crippen molar-refractivity contribution in [3.63, 3.8) is 0 Å². The molecule has 0 aromatic rings. The summed E-state index contributed by atoms with van der Waals surface area (Å²) in [5.74, 6) is 0. The molecule has 1 fully saturated rings. The van der Waals surface area contributed by atoms with E-state index in [0.717, 1.165) is 19.6 Å². The summed E-state index contributed by atoms with van der Waals surface area (Å²) in [6.45, 7) is 6.89. The number of nitrogens with zero attached hydrogens (tertiary/aromatic N) is 1. The average Bonchev–Trinajstić information content (AvgIpc) is 2.14. The van der Waals surface area contributed by atoms with Crippen LogP contribution in [0.3, 0.4) is 0 Å². The van der Waals surface area contributed by atoms with Gasteiger partial charge in [0, 0.05) is 26.2 Å². The van der Waals surface area contributed by atoms with Gasteiger partial charge < -0.3 is 16.0 Å². The molecule has 0 spiro atoms. The number of rotatable bonds is 5. The molecule has 0 aliphatic carbocycles. The maximum Gasteiger partial charge on any atom is 0.0107 e. The van der Waals surface area contributed by atoms with E-state index >= 15 is 0 Å².